The van der Waals surface area contributed by atoms with Crippen molar-refractivity contribution in [3.8, 4) is 17.0 Å². The van der Waals surface area contributed by atoms with Crippen LogP contribution in [-0.4, -0.2) is 28.0 Å². The summed E-state index contributed by atoms with van der Waals surface area (Å²) in [6.45, 7) is 4.16. The smallest absolute Gasteiger partial charge is 0.253 e. The first-order chi connectivity index (χ1) is 16.4. The fourth-order valence-corrected chi connectivity index (χ4v) is 5.77. The number of nitrogens with zero attached hydrogens (tertiary/aromatic N) is 2. The molecule has 5 rings (SSSR count). The predicted molar refractivity (Wildman–Crippen MR) is 138 cm³/mol. The maximum absolute atomic E-state index is 13.0. The Morgan fingerprint density at radius 1 is 1.24 bits per heavy atom. The van der Waals surface area contributed by atoms with Gasteiger partial charge in [-0.2, -0.15) is 5.10 Å². The second kappa shape index (κ2) is 8.64. The minimum atomic E-state index is -0.943. The Morgan fingerprint density at radius 2 is 2.03 bits per heavy atom. The molecule has 3 N–H and O–H groups in total. The summed E-state index contributed by atoms with van der Waals surface area (Å²) >= 11 is 1.56. The number of hydrogen-bond donors (Lipinski definition) is 2. The largest absolute Gasteiger partial charge is 0.496 e. The number of thioether (sulfide) groups is 1. The number of H-pyrrole nitrogens is 1. The van der Waals surface area contributed by atoms with Crippen molar-refractivity contribution in [1.82, 2.24) is 14.6 Å². The van der Waals surface area contributed by atoms with Gasteiger partial charge in [0.1, 0.15) is 10.8 Å². The van der Waals surface area contributed by atoms with Gasteiger partial charge < -0.3 is 15.5 Å². The lowest BCUT2D eigenvalue weighted by atomic mass is 9.80. The van der Waals surface area contributed by atoms with Gasteiger partial charge in [-0.15, -0.1) is 11.8 Å². The molecule has 1 fully saturated rings. The third-order valence-corrected chi connectivity index (χ3v) is 7.46. The van der Waals surface area contributed by atoms with E-state index in [9.17, 15) is 4.79 Å². The normalized spacial score (nSPS) is 15.4. The Bertz CT molecular complexity index is 1440. The summed E-state index contributed by atoms with van der Waals surface area (Å²) in [6, 6.07) is 14.0. The van der Waals surface area contributed by atoms with E-state index in [0.717, 1.165) is 57.1 Å². The fourth-order valence-electron chi connectivity index (χ4n) is 5.11. The van der Waals surface area contributed by atoms with Crippen molar-refractivity contribution >= 4 is 17.3 Å². The van der Waals surface area contributed by atoms with E-state index in [2.05, 4.69) is 31.0 Å². The maximum atomic E-state index is 13.0. The number of hydrogen-bond acceptors (Lipinski definition) is 5. The van der Waals surface area contributed by atoms with E-state index in [1.54, 1.807) is 25.1 Å². The van der Waals surface area contributed by atoms with Gasteiger partial charge >= 0.3 is 0 Å². The Morgan fingerprint density at radius 3 is 2.71 bits per heavy atom. The van der Waals surface area contributed by atoms with Crippen LogP contribution in [0, 0.1) is 19.8 Å². The van der Waals surface area contributed by atoms with E-state index in [1.807, 2.05) is 41.1 Å². The molecule has 34 heavy (non-hydrogen) atoms. The summed E-state index contributed by atoms with van der Waals surface area (Å²) in [5.74, 6) is 1.32. The number of aryl methyl sites for hydroxylation is 2. The van der Waals surface area contributed by atoms with E-state index in [4.69, 9.17) is 15.6 Å². The molecule has 0 spiro atoms. The SMILES string of the molecule is COc1cc(C)cc(C)c1-c1cccc2c(C(N)(CC3CC3)c3ccc[nH]c3=O)c(SC)nn12. The van der Waals surface area contributed by atoms with Crippen LogP contribution in [0.5, 0.6) is 5.75 Å². The predicted octanol–water partition coefficient (Wildman–Crippen LogP) is 5.04. The van der Waals surface area contributed by atoms with Gasteiger partial charge in [-0.3, -0.25) is 4.79 Å². The molecule has 4 aromatic rings. The van der Waals surface area contributed by atoms with Crippen molar-refractivity contribution in [2.75, 3.05) is 13.4 Å². The third-order valence-electron chi connectivity index (χ3n) is 6.79. The molecule has 0 saturated heterocycles. The zero-order valence-electron chi connectivity index (χ0n) is 20.0. The minimum Gasteiger partial charge on any atom is -0.496 e. The van der Waals surface area contributed by atoms with Crippen LogP contribution in [0.4, 0.5) is 0 Å². The van der Waals surface area contributed by atoms with Crippen LogP contribution in [0.15, 0.2) is 58.5 Å². The van der Waals surface area contributed by atoms with Crippen LogP contribution in [0.1, 0.15) is 41.5 Å². The number of fused-ring (bicyclic) bond motifs is 1. The zero-order chi connectivity index (χ0) is 24.0. The first kappa shape index (κ1) is 22.7. The third kappa shape index (κ3) is 3.73. The number of methoxy groups -OCH3 is 1. The second-order valence-corrected chi connectivity index (χ2v) is 10.1. The zero-order valence-corrected chi connectivity index (χ0v) is 20.8. The minimum absolute atomic E-state index is 0.149. The van der Waals surface area contributed by atoms with Gasteiger partial charge in [-0.05, 0) is 73.9 Å². The van der Waals surface area contributed by atoms with Gasteiger partial charge in [-0.25, -0.2) is 4.52 Å². The van der Waals surface area contributed by atoms with Crippen molar-refractivity contribution in [2.45, 2.75) is 43.7 Å². The Kier molecular flexibility index (Phi) is 5.78. The van der Waals surface area contributed by atoms with Crippen LogP contribution < -0.4 is 16.0 Å². The highest BCUT2D eigenvalue weighted by Crippen LogP contribution is 2.46. The number of aromatic amines is 1. The first-order valence-electron chi connectivity index (χ1n) is 11.6. The molecule has 176 valence electrons. The molecule has 1 atom stereocenters. The van der Waals surface area contributed by atoms with Crippen molar-refractivity contribution in [3.05, 3.63) is 81.3 Å². The first-order valence-corrected chi connectivity index (χ1v) is 12.8. The number of pyridine rings is 2. The lowest BCUT2D eigenvalue weighted by Crippen LogP contribution is -2.43. The highest BCUT2D eigenvalue weighted by molar-refractivity contribution is 7.98. The highest BCUT2D eigenvalue weighted by Gasteiger charge is 2.42. The standard InChI is InChI=1S/C27H30N4O2S/c1-16-13-17(2)23(22(14-16)33-3)20-8-5-9-21-24(26(34-4)30-31(20)21)27(28,15-18-10-11-18)19-7-6-12-29-25(19)32/h5-9,12-14,18H,10-11,15,28H2,1-4H3,(H,29,32). The number of benzene rings is 1. The molecule has 7 heteroatoms. The molecular formula is C27H30N4O2S. The molecule has 1 saturated carbocycles. The van der Waals surface area contributed by atoms with Crippen molar-refractivity contribution in [2.24, 2.45) is 11.7 Å². The summed E-state index contributed by atoms with van der Waals surface area (Å²) in [5, 5.41) is 5.86. The molecule has 3 aromatic heterocycles. The number of rotatable bonds is 7. The van der Waals surface area contributed by atoms with Crippen LogP contribution in [0.25, 0.3) is 16.8 Å². The molecule has 3 heterocycles. The highest BCUT2D eigenvalue weighted by atomic mass is 32.2. The van der Waals surface area contributed by atoms with Gasteiger partial charge in [0.05, 0.1) is 23.9 Å². The lowest BCUT2D eigenvalue weighted by Gasteiger charge is -2.30. The van der Waals surface area contributed by atoms with Crippen LogP contribution >= 0.6 is 11.8 Å². The van der Waals surface area contributed by atoms with Gasteiger partial charge in [0.2, 0.25) is 0 Å². The number of nitrogens with two attached hydrogens (primary N) is 1. The van der Waals surface area contributed by atoms with Gasteiger partial charge in [0, 0.05) is 22.9 Å². The fraction of sp³-hybridized carbons (Fsp3) is 0.333. The second-order valence-electron chi connectivity index (χ2n) is 9.28. The molecule has 1 unspecified atom stereocenters. The van der Waals surface area contributed by atoms with Crippen LogP contribution in [-0.2, 0) is 5.54 Å². The molecule has 6 nitrogen and oxygen atoms in total. The topological polar surface area (TPSA) is 85.4 Å². The van der Waals surface area contributed by atoms with Gasteiger partial charge in [-0.1, -0.05) is 25.0 Å². The number of nitrogens with one attached hydrogen (secondary N) is 1. The molecule has 0 amide bonds. The van der Waals surface area contributed by atoms with Gasteiger partial charge in [0.15, 0.2) is 0 Å². The number of ether oxygens (including phenoxy) is 1. The molecule has 0 radical (unpaired) electrons. The van der Waals surface area contributed by atoms with E-state index in [0.29, 0.717) is 17.9 Å². The Labute approximate surface area is 203 Å². The van der Waals surface area contributed by atoms with Crippen molar-refractivity contribution < 1.29 is 4.74 Å². The van der Waals surface area contributed by atoms with Crippen molar-refractivity contribution in [3.63, 3.8) is 0 Å². The summed E-state index contributed by atoms with van der Waals surface area (Å²) in [7, 11) is 1.70. The lowest BCUT2D eigenvalue weighted by molar-refractivity contribution is 0.415. The van der Waals surface area contributed by atoms with Crippen LogP contribution in [0.2, 0.25) is 0 Å². The van der Waals surface area contributed by atoms with Gasteiger partial charge in [0.25, 0.3) is 5.56 Å². The summed E-state index contributed by atoms with van der Waals surface area (Å²) < 4.78 is 7.74. The molecule has 0 aliphatic heterocycles. The van der Waals surface area contributed by atoms with Crippen molar-refractivity contribution in [1.29, 1.82) is 0 Å². The number of aromatic nitrogens is 3. The van der Waals surface area contributed by atoms with E-state index >= 15 is 0 Å². The average Bonchev–Trinajstić information content (AvgIpc) is 3.53. The van der Waals surface area contributed by atoms with Crippen LogP contribution in [0.3, 0.4) is 0 Å². The summed E-state index contributed by atoms with van der Waals surface area (Å²) in [5.41, 5.74) is 12.8. The monoisotopic (exact) mass is 474 g/mol. The molecule has 1 aromatic carbocycles. The average molecular weight is 475 g/mol. The molecule has 1 aliphatic rings. The maximum Gasteiger partial charge on any atom is 0.253 e. The van der Waals surface area contributed by atoms with E-state index in [-0.39, 0.29) is 5.56 Å². The summed E-state index contributed by atoms with van der Waals surface area (Å²) in [6.07, 6.45) is 6.66. The summed E-state index contributed by atoms with van der Waals surface area (Å²) in [4.78, 5) is 15.8. The molecule has 1 aliphatic carbocycles. The molecular weight excluding hydrogens is 444 g/mol. The Balaban J connectivity index is 1.82. The van der Waals surface area contributed by atoms with E-state index < -0.39 is 5.54 Å². The Hall–Kier alpha value is -3.03. The quantitative estimate of drug-likeness (QED) is 0.367. The van der Waals surface area contributed by atoms with E-state index in [1.165, 1.54) is 0 Å². The molecule has 0 bridgehead atoms.